The summed E-state index contributed by atoms with van der Waals surface area (Å²) in [6, 6.07) is 16.5. The number of nitrogens with zero attached hydrogens (tertiary/aromatic N) is 1. The van der Waals surface area contributed by atoms with E-state index in [2.05, 4.69) is 5.32 Å². The molecule has 0 unspecified atom stereocenters. The van der Waals surface area contributed by atoms with E-state index in [1.807, 2.05) is 30.3 Å². The number of carbonyl (C=O) groups is 1. The van der Waals surface area contributed by atoms with Gasteiger partial charge in [0.25, 0.3) is 5.91 Å². The van der Waals surface area contributed by atoms with Crippen LogP contribution < -0.4 is 5.32 Å². The van der Waals surface area contributed by atoms with E-state index >= 15 is 0 Å². The SMILES string of the molecule is COCc1cccc(CNC(=O)c2ccc(C#N)cc2)c1. The van der Waals surface area contributed by atoms with Crippen molar-refractivity contribution >= 4 is 5.91 Å². The normalized spacial score (nSPS) is 9.90. The zero-order chi connectivity index (χ0) is 15.1. The van der Waals surface area contributed by atoms with Crippen LogP contribution >= 0.6 is 0 Å². The molecule has 21 heavy (non-hydrogen) atoms. The van der Waals surface area contributed by atoms with Crippen molar-refractivity contribution in [1.29, 1.82) is 5.26 Å². The Balaban J connectivity index is 1.97. The van der Waals surface area contributed by atoms with Crippen LogP contribution in [0.5, 0.6) is 0 Å². The second-order valence-electron chi connectivity index (χ2n) is 4.62. The van der Waals surface area contributed by atoms with E-state index in [1.54, 1.807) is 31.4 Å². The molecule has 0 radical (unpaired) electrons. The summed E-state index contributed by atoms with van der Waals surface area (Å²) in [7, 11) is 1.65. The highest BCUT2D eigenvalue weighted by Gasteiger charge is 2.05. The molecular formula is C17H16N2O2. The number of methoxy groups -OCH3 is 1. The maximum Gasteiger partial charge on any atom is 0.251 e. The lowest BCUT2D eigenvalue weighted by Gasteiger charge is -2.07. The van der Waals surface area contributed by atoms with Crippen LogP contribution in [0.2, 0.25) is 0 Å². The Hall–Kier alpha value is -2.64. The van der Waals surface area contributed by atoms with E-state index < -0.39 is 0 Å². The van der Waals surface area contributed by atoms with Gasteiger partial charge in [-0.3, -0.25) is 4.79 Å². The van der Waals surface area contributed by atoms with Crippen molar-refractivity contribution in [2.75, 3.05) is 7.11 Å². The third kappa shape index (κ3) is 4.16. The molecule has 1 N–H and O–H groups in total. The largest absolute Gasteiger partial charge is 0.380 e. The van der Waals surface area contributed by atoms with Gasteiger partial charge in [-0.05, 0) is 35.4 Å². The Bertz CT molecular complexity index is 657. The van der Waals surface area contributed by atoms with Crippen LogP contribution in [0.15, 0.2) is 48.5 Å². The van der Waals surface area contributed by atoms with Gasteiger partial charge in [0.2, 0.25) is 0 Å². The summed E-state index contributed by atoms with van der Waals surface area (Å²) in [5.74, 6) is -0.156. The molecule has 106 valence electrons. The van der Waals surface area contributed by atoms with Gasteiger partial charge in [0, 0.05) is 19.2 Å². The minimum atomic E-state index is -0.156. The first-order valence-electron chi connectivity index (χ1n) is 6.58. The van der Waals surface area contributed by atoms with E-state index in [-0.39, 0.29) is 5.91 Å². The Morgan fingerprint density at radius 2 is 1.90 bits per heavy atom. The van der Waals surface area contributed by atoms with Crippen molar-refractivity contribution in [2.45, 2.75) is 13.2 Å². The summed E-state index contributed by atoms with van der Waals surface area (Å²) in [5.41, 5.74) is 3.18. The first-order chi connectivity index (χ1) is 10.2. The molecule has 0 atom stereocenters. The molecule has 4 heteroatoms. The molecule has 0 saturated carbocycles. The smallest absolute Gasteiger partial charge is 0.251 e. The number of hydrogen-bond acceptors (Lipinski definition) is 3. The number of nitrogens with one attached hydrogen (secondary N) is 1. The number of benzene rings is 2. The minimum absolute atomic E-state index is 0.156. The molecule has 0 aliphatic heterocycles. The zero-order valence-electron chi connectivity index (χ0n) is 11.8. The second kappa shape index (κ2) is 7.22. The molecular weight excluding hydrogens is 264 g/mol. The van der Waals surface area contributed by atoms with Gasteiger partial charge in [-0.2, -0.15) is 5.26 Å². The minimum Gasteiger partial charge on any atom is -0.380 e. The van der Waals surface area contributed by atoms with E-state index in [0.717, 1.165) is 11.1 Å². The Kier molecular flexibility index (Phi) is 5.08. The van der Waals surface area contributed by atoms with Crippen molar-refractivity contribution in [3.05, 3.63) is 70.8 Å². The number of hydrogen-bond donors (Lipinski definition) is 1. The maximum absolute atomic E-state index is 12.0. The summed E-state index contributed by atoms with van der Waals surface area (Å²) in [6.07, 6.45) is 0. The molecule has 1 amide bonds. The van der Waals surface area contributed by atoms with Crippen LogP contribution in [0.25, 0.3) is 0 Å². The number of rotatable bonds is 5. The molecule has 0 aliphatic carbocycles. The molecule has 0 fully saturated rings. The fourth-order valence-corrected chi connectivity index (χ4v) is 1.98. The lowest BCUT2D eigenvalue weighted by Crippen LogP contribution is -2.22. The van der Waals surface area contributed by atoms with Gasteiger partial charge in [-0.1, -0.05) is 24.3 Å². The first-order valence-corrected chi connectivity index (χ1v) is 6.58. The van der Waals surface area contributed by atoms with Crippen LogP contribution in [-0.4, -0.2) is 13.0 Å². The quantitative estimate of drug-likeness (QED) is 0.915. The van der Waals surface area contributed by atoms with Gasteiger partial charge in [0.15, 0.2) is 0 Å². The monoisotopic (exact) mass is 280 g/mol. The highest BCUT2D eigenvalue weighted by molar-refractivity contribution is 5.94. The van der Waals surface area contributed by atoms with E-state index in [4.69, 9.17) is 10.00 Å². The lowest BCUT2D eigenvalue weighted by atomic mass is 10.1. The summed E-state index contributed by atoms with van der Waals surface area (Å²) in [4.78, 5) is 12.0. The second-order valence-corrected chi connectivity index (χ2v) is 4.62. The summed E-state index contributed by atoms with van der Waals surface area (Å²) in [6.45, 7) is 1.01. The van der Waals surface area contributed by atoms with E-state index in [1.165, 1.54) is 0 Å². The van der Waals surface area contributed by atoms with Crippen LogP contribution in [0.1, 0.15) is 27.0 Å². The number of amides is 1. The summed E-state index contributed by atoms with van der Waals surface area (Å²) in [5, 5.41) is 11.6. The lowest BCUT2D eigenvalue weighted by molar-refractivity contribution is 0.0951. The molecule has 0 heterocycles. The molecule has 0 saturated heterocycles. The predicted molar refractivity (Wildman–Crippen MR) is 79.5 cm³/mol. The highest BCUT2D eigenvalue weighted by atomic mass is 16.5. The van der Waals surface area contributed by atoms with Gasteiger partial charge in [0.05, 0.1) is 18.2 Å². The van der Waals surface area contributed by atoms with Crippen LogP contribution in [0, 0.1) is 11.3 Å². The molecule has 2 aromatic rings. The fourth-order valence-electron chi connectivity index (χ4n) is 1.98. The van der Waals surface area contributed by atoms with Gasteiger partial charge < -0.3 is 10.1 Å². The first kappa shape index (κ1) is 14.8. The number of nitriles is 1. The van der Waals surface area contributed by atoms with Crippen LogP contribution in [0.3, 0.4) is 0 Å². The summed E-state index contributed by atoms with van der Waals surface area (Å²) < 4.78 is 5.09. The van der Waals surface area contributed by atoms with Crippen LogP contribution in [0.4, 0.5) is 0 Å². The number of ether oxygens (including phenoxy) is 1. The van der Waals surface area contributed by atoms with Crippen molar-refractivity contribution in [1.82, 2.24) is 5.32 Å². The van der Waals surface area contributed by atoms with Gasteiger partial charge in [-0.25, -0.2) is 0 Å². The van der Waals surface area contributed by atoms with Crippen molar-refractivity contribution < 1.29 is 9.53 Å². The third-order valence-corrected chi connectivity index (χ3v) is 3.03. The fraction of sp³-hybridized carbons (Fsp3) is 0.176. The molecule has 4 nitrogen and oxygen atoms in total. The van der Waals surface area contributed by atoms with Crippen molar-refractivity contribution in [3.8, 4) is 6.07 Å². The Morgan fingerprint density at radius 1 is 1.19 bits per heavy atom. The Morgan fingerprint density at radius 3 is 2.57 bits per heavy atom. The third-order valence-electron chi connectivity index (χ3n) is 3.03. The van der Waals surface area contributed by atoms with Gasteiger partial charge in [0.1, 0.15) is 0 Å². The zero-order valence-corrected chi connectivity index (χ0v) is 11.8. The van der Waals surface area contributed by atoms with Crippen molar-refractivity contribution in [2.24, 2.45) is 0 Å². The van der Waals surface area contributed by atoms with E-state index in [0.29, 0.717) is 24.3 Å². The van der Waals surface area contributed by atoms with Gasteiger partial charge >= 0.3 is 0 Å². The maximum atomic E-state index is 12.0. The van der Waals surface area contributed by atoms with E-state index in [9.17, 15) is 4.79 Å². The Labute approximate surface area is 124 Å². The topological polar surface area (TPSA) is 62.1 Å². The standard InChI is InChI=1S/C17H16N2O2/c1-21-12-15-4-2-3-14(9-15)11-19-17(20)16-7-5-13(10-18)6-8-16/h2-9H,11-12H2,1H3,(H,19,20). The average molecular weight is 280 g/mol. The van der Waals surface area contributed by atoms with Crippen LogP contribution in [-0.2, 0) is 17.9 Å². The average Bonchev–Trinajstić information content (AvgIpc) is 2.53. The van der Waals surface area contributed by atoms with Crippen molar-refractivity contribution in [3.63, 3.8) is 0 Å². The molecule has 0 aliphatic rings. The molecule has 2 rings (SSSR count). The van der Waals surface area contributed by atoms with Gasteiger partial charge in [-0.15, -0.1) is 0 Å². The highest BCUT2D eigenvalue weighted by Crippen LogP contribution is 2.07. The predicted octanol–water partition coefficient (Wildman–Crippen LogP) is 2.63. The molecule has 0 bridgehead atoms. The molecule has 2 aromatic carbocycles. The molecule has 0 aromatic heterocycles. The summed E-state index contributed by atoms with van der Waals surface area (Å²) >= 11 is 0. The molecule has 0 spiro atoms. The number of carbonyl (C=O) groups excluding carboxylic acids is 1.